The molecule has 0 aliphatic rings. The molecule has 0 spiro atoms. The first kappa shape index (κ1) is 16.9. The number of nitrogens with zero attached hydrogens (tertiary/aromatic N) is 2. The predicted octanol–water partition coefficient (Wildman–Crippen LogP) is 3.56. The third-order valence-corrected chi connectivity index (χ3v) is 5.50. The van der Waals surface area contributed by atoms with E-state index in [9.17, 15) is 4.79 Å². The first-order valence-electron chi connectivity index (χ1n) is 7.53. The smallest absolute Gasteiger partial charge is 0.271 e. The van der Waals surface area contributed by atoms with Crippen molar-refractivity contribution in [2.24, 2.45) is 7.05 Å². The molecule has 7 heteroatoms. The fourth-order valence-corrected chi connectivity index (χ4v) is 3.87. The highest BCUT2D eigenvalue weighted by molar-refractivity contribution is 7.99. The fourth-order valence-electron chi connectivity index (χ4n) is 2.18. The van der Waals surface area contributed by atoms with Gasteiger partial charge in [-0.15, -0.1) is 11.3 Å². The van der Waals surface area contributed by atoms with E-state index in [0.29, 0.717) is 11.3 Å². The van der Waals surface area contributed by atoms with E-state index in [2.05, 4.69) is 4.98 Å². The van der Waals surface area contributed by atoms with Crippen LogP contribution in [0.1, 0.15) is 6.42 Å². The van der Waals surface area contributed by atoms with Crippen molar-refractivity contribution in [1.82, 2.24) is 9.55 Å². The molecule has 2 aromatic heterocycles. The Labute approximate surface area is 148 Å². The van der Waals surface area contributed by atoms with Crippen LogP contribution in [0.3, 0.4) is 0 Å². The van der Waals surface area contributed by atoms with Crippen LogP contribution in [0.2, 0.25) is 0 Å². The zero-order valence-electron chi connectivity index (χ0n) is 13.5. The van der Waals surface area contributed by atoms with Crippen LogP contribution < -0.4 is 15.0 Å². The lowest BCUT2D eigenvalue weighted by atomic mass is 10.3. The minimum atomic E-state index is 0.0204. The van der Waals surface area contributed by atoms with Crippen LogP contribution in [-0.4, -0.2) is 29.0 Å². The van der Waals surface area contributed by atoms with Crippen LogP contribution in [-0.2, 0) is 7.05 Å². The van der Waals surface area contributed by atoms with Gasteiger partial charge in [0, 0.05) is 12.8 Å². The minimum Gasteiger partial charge on any atom is -0.497 e. The van der Waals surface area contributed by atoms with Crippen LogP contribution in [0.15, 0.2) is 45.7 Å². The van der Waals surface area contributed by atoms with Crippen LogP contribution in [0, 0.1) is 0 Å². The van der Waals surface area contributed by atoms with E-state index >= 15 is 0 Å². The molecule has 24 heavy (non-hydrogen) atoms. The summed E-state index contributed by atoms with van der Waals surface area (Å²) in [5, 5.41) is 2.64. The molecule has 3 aromatic rings. The third-order valence-electron chi connectivity index (χ3n) is 3.49. The zero-order chi connectivity index (χ0) is 16.9. The third kappa shape index (κ3) is 3.73. The van der Waals surface area contributed by atoms with E-state index in [0.717, 1.165) is 34.3 Å². The lowest BCUT2D eigenvalue weighted by Gasteiger charge is -2.08. The molecular formula is C17H18N2O3S2. The second-order valence-corrected chi connectivity index (χ2v) is 7.10. The number of methoxy groups -OCH3 is 1. The van der Waals surface area contributed by atoms with Gasteiger partial charge in [0.2, 0.25) is 0 Å². The van der Waals surface area contributed by atoms with Gasteiger partial charge in [0.1, 0.15) is 16.2 Å². The average Bonchev–Trinajstić information content (AvgIpc) is 3.08. The van der Waals surface area contributed by atoms with E-state index < -0.39 is 0 Å². The van der Waals surface area contributed by atoms with Gasteiger partial charge in [-0.1, -0.05) is 11.8 Å². The molecule has 3 rings (SSSR count). The van der Waals surface area contributed by atoms with Crippen molar-refractivity contribution >= 4 is 33.3 Å². The van der Waals surface area contributed by atoms with Crippen LogP contribution in [0.25, 0.3) is 10.2 Å². The summed E-state index contributed by atoms with van der Waals surface area (Å²) in [6.07, 6.45) is 0.869. The highest BCUT2D eigenvalue weighted by atomic mass is 32.2. The molecule has 0 saturated carbocycles. The van der Waals surface area contributed by atoms with Gasteiger partial charge < -0.3 is 9.47 Å². The molecule has 0 atom stereocenters. The summed E-state index contributed by atoms with van der Waals surface area (Å²) in [5.41, 5.74) is 0.798. The van der Waals surface area contributed by atoms with Crippen molar-refractivity contribution in [3.05, 3.63) is 46.1 Å². The molecule has 0 aliphatic heterocycles. The summed E-state index contributed by atoms with van der Waals surface area (Å²) in [4.78, 5) is 16.8. The van der Waals surface area contributed by atoms with Crippen molar-refractivity contribution in [3.8, 4) is 11.5 Å². The Hall–Kier alpha value is -1.99. The summed E-state index contributed by atoms with van der Waals surface area (Å²) < 4.78 is 13.1. The van der Waals surface area contributed by atoms with Gasteiger partial charge >= 0.3 is 0 Å². The van der Waals surface area contributed by atoms with E-state index in [1.165, 1.54) is 11.3 Å². The molecule has 0 unspecified atom stereocenters. The van der Waals surface area contributed by atoms with Crippen molar-refractivity contribution in [3.63, 3.8) is 0 Å². The van der Waals surface area contributed by atoms with Gasteiger partial charge in [0.15, 0.2) is 5.16 Å². The Kier molecular flexibility index (Phi) is 5.42. The molecule has 5 nitrogen and oxygen atoms in total. The Balaban J connectivity index is 1.51. The van der Waals surface area contributed by atoms with Gasteiger partial charge in [-0.2, -0.15) is 0 Å². The Bertz CT molecular complexity index is 872. The molecule has 0 amide bonds. The maximum atomic E-state index is 12.2. The molecule has 0 fully saturated rings. The SMILES string of the molecule is COc1ccc(OCCCSc2nc3ccsc3c(=O)n2C)cc1. The number of ether oxygens (including phenoxy) is 2. The van der Waals surface area contributed by atoms with Gasteiger partial charge in [-0.3, -0.25) is 9.36 Å². The molecule has 0 radical (unpaired) electrons. The molecule has 0 saturated heterocycles. The highest BCUT2D eigenvalue weighted by Crippen LogP contribution is 2.21. The number of benzene rings is 1. The van der Waals surface area contributed by atoms with E-state index in [4.69, 9.17) is 9.47 Å². The Morgan fingerprint density at radius 3 is 2.71 bits per heavy atom. The van der Waals surface area contributed by atoms with Gasteiger partial charge in [-0.25, -0.2) is 4.98 Å². The normalized spacial score (nSPS) is 10.9. The summed E-state index contributed by atoms with van der Waals surface area (Å²) >= 11 is 3.01. The molecule has 0 N–H and O–H groups in total. The number of hydrogen-bond donors (Lipinski definition) is 0. The minimum absolute atomic E-state index is 0.0204. The van der Waals surface area contributed by atoms with Gasteiger partial charge in [-0.05, 0) is 42.1 Å². The van der Waals surface area contributed by atoms with E-state index in [1.807, 2.05) is 35.7 Å². The quantitative estimate of drug-likeness (QED) is 0.365. The lowest BCUT2D eigenvalue weighted by Crippen LogP contribution is -2.19. The van der Waals surface area contributed by atoms with Crippen molar-refractivity contribution in [2.75, 3.05) is 19.5 Å². The summed E-state index contributed by atoms with van der Waals surface area (Å²) in [6, 6.07) is 9.42. The van der Waals surface area contributed by atoms with E-state index in [1.54, 1.807) is 30.5 Å². The van der Waals surface area contributed by atoms with Crippen molar-refractivity contribution < 1.29 is 9.47 Å². The Morgan fingerprint density at radius 1 is 1.21 bits per heavy atom. The maximum Gasteiger partial charge on any atom is 0.271 e. The number of thioether (sulfide) groups is 1. The van der Waals surface area contributed by atoms with E-state index in [-0.39, 0.29) is 5.56 Å². The first-order chi connectivity index (χ1) is 11.7. The number of rotatable bonds is 7. The summed E-state index contributed by atoms with van der Waals surface area (Å²) in [5.74, 6) is 2.48. The Morgan fingerprint density at radius 2 is 1.96 bits per heavy atom. The van der Waals surface area contributed by atoms with Gasteiger partial charge in [0.25, 0.3) is 5.56 Å². The number of aromatic nitrogens is 2. The maximum absolute atomic E-state index is 12.2. The average molecular weight is 362 g/mol. The van der Waals surface area contributed by atoms with Crippen molar-refractivity contribution in [1.29, 1.82) is 0 Å². The second-order valence-electron chi connectivity index (χ2n) is 5.12. The van der Waals surface area contributed by atoms with Crippen LogP contribution in [0.4, 0.5) is 0 Å². The summed E-state index contributed by atoms with van der Waals surface area (Å²) in [6.45, 7) is 0.619. The molecule has 1 aromatic carbocycles. The monoisotopic (exact) mass is 362 g/mol. The molecular weight excluding hydrogens is 344 g/mol. The molecule has 0 aliphatic carbocycles. The first-order valence-corrected chi connectivity index (χ1v) is 9.39. The predicted molar refractivity (Wildman–Crippen MR) is 98.7 cm³/mol. The largest absolute Gasteiger partial charge is 0.497 e. The number of hydrogen-bond acceptors (Lipinski definition) is 6. The molecule has 126 valence electrons. The lowest BCUT2D eigenvalue weighted by molar-refractivity contribution is 0.318. The number of fused-ring (bicyclic) bond motifs is 1. The van der Waals surface area contributed by atoms with Crippen LogP contribution in [0.5, 0.6) is 11.5 Å². The highest BCUT2D eigenvalue weighted by Gasteiger charge is 2.09. The second kappa shape index (κ2) is 7.72. The molecule has 0 bridgehead atoms. The molecule has 2 heterocycles. The zero-order valence-corrected chi connectivity index (χ0v) is 15.2. The topological polar surface area (TPSA) is 53.4 Å². The van der Waals surface area contributed by atoms with Gasteiger partial charge in [0.05, 0.1) is 19.2 Å². The fraction of sp³-hybridized carbons (Fsp3) is 0.294. The summed E-state index contributed by atoms with van der Waals surface area (Å²) in [7, 11) is 3.41. The van der Waals surface area contributed by atoms with Crippen LogP contribution >= 0.6 is 23.1 Å². The van der Waals surface area contributed by atoms with Crippen molar-refractivity contribution in [2.45, 2.75) is 11.6 Å². The number of thiophene rings is 1. The standard InChI is InChI=1S/C17H18N2O3S2/c1-19-16(20)15-14(8-11-23-15)18-17(19)24-10-3-9-22-13-6-4-12(21-2)5-7-13/h4-8,11H,3,9-10H2,1-2H3.